The van der Waals surface area contributed by atoms with E-state index in [1.165, 1.54) is 0 Å². The van der Waals surface area contributed by atoms with Crippen molar-refractivity contribution in [2.75, 3.05) is 18.0 Å². The van der Waals surface area contributed by atoms with E-state index in [0.29, 0.717) is 5.69 Å². The summed E-state index contributed by atoms with van der Waals surface area (Å²) in [6, 6.07) is 5.69. The second-order valence-corrected chi connectivity index (χ2v) is 6.92. The van der Waals surface area contributed by atoms with E-state index in [4.69, 9.17) is 4.74 Å². The molecule has 0 unspecified atom stereocenters. The molecule has 1 fully saturated rings. The first-order chi connectivity index (χ1) is 11.8. The van der Waals surface area contributed by atoms with Gasteiger partial charge in [0.15, 0.2) is 23.1 Å². The summed E-state index contributed by atoms with van der Waals surface area (Å²) >= 11 is 2.03. The third-order valence-electron chi connectivity index (χ3n) is 3.91. The van der Waals surface area contributed by atoms with E-state index < -0.39 is 29.1 Å². The molecule has 0 atom stereocenters. The van der Waals surface area contributed by atoms with Crippen LogP contribution in [0, 0.1) is 15.2 Å². The van der Waals surface area contributed by atoms with Gasteiger partial charge >= 0.3 is 6.18 Å². The minimum atomic E-state index is -4.83. The lowest BCUT2D eigenvalue weighted by Gasteiger charge is -2.22. The molecule has 2 aromatic carbocycles. The zero-order valence-corrected chi connectivity index (χ0v) is 15.0. The monoisotopic (exact) mass is 469 g/mol. The van der Waals surface area contributed by atoms with E-state index in [9.17, 15) is 22.0 Å². The normalized spacial score (nSPS) is 14.9. The van der Waals surface area contributed by atoms with Crippen LogP contribution in [0.3, 0.4) is 0 Å². The molecule has 0 N–H and O–H groups in total. The Bertz CT molecular complexity index is 764. The van der Waals surface area contributed by atoms with Crippen LogP contribution < -0.4 is 9.64 Å². The molecule has 0 aromatic heterocycles. The first kappa shape index (κ1) is 18.2. The Morgan fingerprint density at radius 3 is 2.12 bits per heavy atom. The second-order valence-electron chi connectivity index (χ2n) is 5.68. The minimum Gasteiger partial charge on any atom is -0.449 e. The summed E-state index contributed by atoms with van der Waals surface area (Å²) in [7, 11) is 0. The van der Waals surface area contributed by atoms with E-state index in [1.54, 1.807) is 12.1 Å². The molecule has 2 nitrogen and oxygen atoms in total. The highest BCUT2D eigenvalue weighted by molar-refractivity contribution is 14.1. The van der Waals surface area contributed by atoms with Crippen molar-refractivity contribution >= 4 is 28.3 Å². The van der Waals surface area contributed by atoms with Gasteiger partial charge in [0.1, 0.15) is 0 Å². The fourth-order valence-corrected chi connectivity index (χ4v) is 3.18. The highest BCUT2D eigenvalue weighted by atomic mass is 127. The van der Waals surface area contributed by atoms with Crippen LogP contribution in [-0.4, -0.2) is 13.1 Å². The Labute approximate surface area is 154 Å². The standard InChI is InChI=1S/C17H13F5INO/c18-12-7-10(17(20,21)22)8-13(19)16(12)25-15-9-11(23)3-4-14(15)24-5-1-2-6-24/h3-4,7-9H,1-2,5-6H2. The van der Waals surface area contributed by atoms with Crippen molar-refractivity contribution in [3.8, 4) is 11.5 Å². The maximum Gasteiger partial charge on any atom is 0.416 e. The predicted molar refractivity (Wildman–Crippen MR) is 92.0 cm³/mol. The summed E-state index contributed by atoms with van der Waals surface area (Å²) < 4.78 is 72.2. The average molecular weight is 469 g/mol. The number of rotatable bonds is 3. The van der Waals surface area contributed by atoms with Gasteiger partial charge in [-0.25, -0.2) is 8.78 Å². The maximum absolute atomic E-state index is 14.1. The largest absolute Gasteiger partial charge is 0.449 e. The minimum absolute atomic E-state index is 0.214. The Balaban J connectivity index is 1.99. The molecule has 25 heavy (non-hydrogen) atoms. The van der Waals surface area contributed by atoms with Crippen LogP contribution in [0.15, 0.2) is 30.3 Å². The number of hydrogen-bond donors (Lipinski definition) is 0. The summed E-state index contributed by atoms with van der Waals surface area (Å²) in [6.45, 7) is 1.57. The van der Waals surface area contributed by atoms with Crippen molar-refractivity contribution in [1.29, 1.82) is 0 Å². The summed E-state index contributed by atoms with van der Waals surface area (Å²) in [4.78, 5) is 2.02. The molecule has 0 amide bonds. The highest BCUT2D eigenvalue weighted by Crippen LogP contribution is 2.39. The lowest BCUT2D eigenvalue weighted by molar-refractivity contribution is -0.138. The molecule has 3 rings (SSSR count). The molecular formula is C17H13F5INO. The molecule has 2 aromatic rings. The van der Waals surface area contributed by atoms with Crippen molar-refractivity contribution in [2.45, 2.75) is 19.0 Å². The molecule has 0 spiro atoms. The third-order valence-corrected chi connectivity index (χ3v) is 4.58. The molecule has 0 radical (unpaired) electrons. The van der Waals surface area contributed by atoms with Crippen molar-refractivity contribution in [1.82, 2.24) is 0 Å². The summed E-state index contributed by atoms with van der Waals surface area (Å²) in [6.07, 6.45) is -2.84. The average Bonchev–Trinajstić information content (AvgIpc) is 3.04. The topological polar surface area (TPSA) is 12.5 Å². The van der Waals surface area contributed by atoms with Crippen molar-refractivity contribution in [3.63, 3.8) is 0 Å². The fourth-order valence-electron chi connectivity index (χ4n) is 2.72. The zero-order valence-electron chi connectivity index (χ0n) is 12.8. The van der Waals surface area contributed by atoms with Gasteiger partial charge in [0, 0.05) is 16.7 Å². The number of nitrogens with zero attached hydrogens (tertiary/aromatic N) is 1. The van der Waals surface area contributed by atoms with Crippen LogP contribution in [0.25, 0.3) is 0 Å². The third kappa shape index (κ3) is 3.99. The van der Waals surface area contributed by atoms with Gasteiger partial charge in [0.25, 0.3) is 0 Å². The number of halogens is 6. The zero-order chi connectivity index (χ0) is 18.2. The van der Waals surface area contributed by atoms with Gasteiger partial charge in [-0.2, -0.15) is 13.2 Å². The Hall–Kier alpha value is -1.58. The summed E-state index contributed by atoms with van der Waals surface area (Å²) in [5, 5.41) is 0. The maximum atomic E-state index is 14.1. The smallest absolute Gasteiger partial charge is 0.416 e. The Morgan fingerprint density at radius 1 is 0.960 bits per heavy atom. The van der Waals surface area contributed by atoms with E-state index in [0.717, 1.165) is 29.5 Å². The van der Waals surface area contributed by atoms with Gasteiger partial charge in [0.2, 0.25) is 0 Å². The van der Waals surface area contributed by atoms with E-state index in [-0.39, 0.29) is 17.9 Å². The molecular weight excluding hydrogens is 456 g/mol. The van der Waals surface area contributed by atoms with Gasteiger partial charge in [-0.15, -0.1) is 0 Å². The quantitative estimate of drug-likeness (QED) is 0.405. The molecule has 0 saturated carbocycles. The molecule has 1 aliphatic rings. The van der Waals surface area contributed by atoms with Crippen LogP contribution in [0.5, 0.6) is 11.5 Å². The molecule has 0 bridgehead atoms. The van der Waals surface area contributed by atoms with Crippen molar-refractivity contribution < 1.29 is 26.7 Å². The first-order valence-electron chi connectivity index (χ1n) is 7.54. The second kappa shape index (κ2) is 6.97. The van der Waals surface area contributed by atoms with Gasteiger partial charge in [-0.3, -0.25) is 0 Å². The Morgan fingerprint density at radius 2 is 1.56 bits per heavy atom. The van der Waals surface area contributed by atoms with Gasteiger partial charge in [-0.05, 0) is 65.8 Å². The lowest BCUT2D eigenvalue weighted by Crippen LogP contribution is -2.18. The predicted octanol–water partition coefficient (Wildman–Crippen LogP) is 5.98. The fraction of sp³-hybridized carbons (Fsp3) is 0.294. The van der Waals surface area contributed by atoms with Crippen LogP contribution in [-0.2, 0) is 6.18 Å². The first-order valence-corrected chi connectivity index (χ1v) is 8.62. The molecule has 1 aliphatic heterocycles. The van der Waals surface area contributed by atoms with Gasteiger partial charge < -0.3 is 9.64 Å². The van der Waals surface area contributed by atoms with Gasteiger partial charge in [0.05, 0.1) is 11.3 Å². The highest BCUT2D eigenvalue weighted by Gasteiger charge is 2.33. The molecule has 0 aliphatic carbocycles. The van der Waals surface area contributed by atoms with Crippen LogP contribution in [0.1, 0.15) is 18.4 Å². The number of ether oxygens (including phenoxy) is 1. The van der Waals surface area contributed by atoms with Crippen LogP contribution in [0.2, 0.25) is 0 Å². The molecule has 8 heteroatoms. The van der Waals surface area contributed by atoms with E-state index in [2.05, 4.69) is 0 Å². The number of anilines is 1. The lowest BCUT2D eigenvalue weighted by atomic mass is 10.2. The number of benzene rings is 2. The van der Waals surface area contributed by atoms with Crippen molar-refractivity contribution in [3.05, 3.63) is 51.1 Å². The Kier molecular flexibility index (Phi) is 5.08. The molecule has 134 valence electrons. The van der Waals surface area contributed by atoms with E-state index in [1.807, 2.05) is 33.6 Å². The van der Waals surface area contributed by atoms with Crippen LogP contribution >= 0.6 is 22.6 Å². The number of alkyl halides is 3. The summed E-state index contributed by atoms with van der Waals surface area (Å²) in [5.41, 5.74) is -0.728. The molecule has 1 heterocycles. The number of hydrogen-bond acceptors (Lipinski definition) is 2. The van der Waals surface area contributed by atoms with E-state index >= 15 is 0 Å². The van der Waals surface area contributed by atoms with Crippen molar-refractivity contribution in [2.24, 2.45) is 0 Å². The SMILES string of the molecule is Fc1cc(C(F)(F)F)cc(F)c1Oc1cc(I)ccc1N1CCCC1. The van der Waals surface area contributed by atoms with Crippen LogP contribution in [0.4, 0.5) is 27.6 Å². The summed E-state index contributed by atoms with van der Waals surface area (Å²) in [5.74, 6) is -3.40. The van der Waals surface area contributed by atoms with Gasteiger partial charge in [-0.1, -0.05) is 0 Å². The molecule has 1 saturated heterocycles.